The van der Waals surface area contributed by atoms with Crippen LogP contribution >= 0.6 is 0 Å². The van der Waals surface area contributed by atoms with E-state index in [1.807, 2.05) is 37.3 Å². The van der Waals surface area contributed by atoms with Gasteiger partial charge in [0, 0.05) is 49.7 Å². The molecule has 190 valence electrons. The lowest BCUT2D eigenvalue weighted by Gasteiger charge is -2.36. The maximum Gasteiger partial charge on any atom is 0.258 e. The summed E-state index contributed by atoms with van der Waals surface area (Å²) < 4.78 is 0. The van der Waals surface area contributed by atoms with E-state index in [9.17, 15) is 4.79 Å². The van der Waals surface area contributed by atoms with Crippen molar-refractivity contribution in [1.29, 1.82) is 0 Å². The second kappa shape index (κ2) is 10.3. The van der Waals surface area contributed by atoms with Gasteiger partial charge in [-0.05, 0) is 60.0 Å². The van der Waals surface area contributed by atoms with Crippen LogP contribution in [0.1, 0.15) is 23.6 Å². The third-order valence-electron chi connectivity index (χ3n) is 7.58. The van der Waals surface area contributed by atoms with Crippen molar-refractivity contribution in [2.24, 2.45) is 4.99 Å². The number of aromatic amines is 1. The number of rotatable bonds is 5. The van der Waals surface area contributed by atoms with E-state index >= 15 is 0 Å². The summed E-state index contributed by atoms with van der Waals surface area (Å²) in [5.74, 6) is 0. The van der Waals surface area contributed by atoms with Gasteiger partial charge in [0.15, 0.2) is 0 Å². The summed E-state index contributed by atoms with van der Waals surface area (Å²) in [6, 6.07) is 31.6. The molecule has 1 N–H and O–H groups in total. The number of anilines is 1. The highest BCUT2D eigenvalue weighted by Crippen LogP contribution is 2.29. The molecule has 3 aromatic carbocycles. The van der Waals surface area contributed by atoms with Crippen molar-refractivity contribution in [1.82, 2.24) is 9.88 Å². The summed E-state index contributed by atoms with van der Waals surface area (Å²) in [5.41, 5.74) is 7.56. The largest absolute Gasteiger partial charge is 0.369 e. The molecule has 0 amide bonds. The Morgan fingerprint density at radius 1 is 0.842 bits per heavy atom. The summed E-state index contributed by atoms with van der Waals surface area (Å²) in [4.78, 5) is 25.6. The molecule has 0 aromatic heterocycles. The van der Waals surface area contributed by atoms with Gasteiger partial charge in [0.25, 0.3) is 5.56 Å². The van der Waals surface area contributed by atoms with E-state index in [-0.39, 0.29) is 5.56 Å². The van der Waals surface area contributed by atoms with Crippen LogP contribution in [0.3, 0.4) is 0 Å². The molecule has 2 heterocycles. The normalized spacial score (nSPS) is 14.9. The highest BCUT2D eigenvalue weighted by atomic mass is 16.1. The number of benzene rings is 3. The molecule has 1 fully saturated rings. The summed E-state index contributed by atoms with van der Waals surface area (Å²) >= 11 is 0. The number of hydrogen-bond acceptors (Lipinski definition) is 4. The predicted octanol–water partition coefficient (Wildman–Crippen LogP) is 6.40. The van der Waals surface area contributed by atoms with Crippen molar-refractivity contribution in [3.8, 4) is 11.3 Å². The molecule has 0 spiro atoms. The maximum atomic E-state index is 12.7. The number of fused-ring (bicyclic) bond motifs is 2. The predicted molar refractivity (Wildman–Crippen MR) is 158 cm³/mol. The fourth-order valence-corrected chi connectivity index (χ4v) is 5.45. The van der Waals surface area contributed by atoms with E-state index < -0.39 is 0 Å². The molecule has 0 unspecified atom stereocenters. The minimum atomic E-state index is -0.0937. The molecule has 0 atom stereocenters. The van der Waals surface area contributed by atoms with E-state index in [0.717, 1.165) is 60.9 Å². The van der Waals surface area contributed by atoms with E-state index in [2.05, 4.69) is 82.4 Å². The van der Waals surface area contributed by atoms with Crippen LogP contribution in [0.25, 0.3) is 22.0 Å². The average molecular weight is 501 g/mol. The number of hydrogen-bond donors (Lipinski definition) is 1. The first kappa shape index (κ1) is 24.1. The number of nitrogens with one attached hydrogen (secondary N) is 1. The monoisotopic (exact) mass is 500 g/mol. The molecule has 5 nitrogen and oxygen atoms in total. The lowest BCUT2D eigenvalue weighted by Crippen LogP contribution is -2.45. The molecule has 3 aliphatic rings. The quantitative estimate of drug-likeness (QED) is 0.284. The van der Waals surface area contributed by atoms with E-state index in [4.69, 9.17) is 4.99 Å². The van der Waals surface area contributed by atoms with Crippen LogP contribution in [0.2, 0.25) is 0 Å². The van der Waals surface area contributed by atoms with Gasteiger partial charge in [-0.3, -0.25) is 14.7 Å². The lowest BCUT2D eigenvalue weighted by atomic mass is 10.1. The first-order valence-electron chi connectivity index (χ1n) is 13.3. The number of aryl methyl sites for hydroxylation is 1. The third kappa shape index (κ3) is 4.85. The number of nitrogens with zero attached hydrogens (tertiary/aromatic N) is 3. The Bertz CT molecular complexity index is 1660. The second-order valence-electron chi connectivity index (χ2n) is 10.2. The summed E-state index contributed by atoms with van der Waals surface area (Å²) in [6.45, 7) is 8.96. The number of aliphatic imine (C=N–C) groups is 1. The van der Waals surface area contributed by atoms with Crippen LogP contribution in [0, 0.1) is 6.92 Å². The van der Waals surface area contributed by atoms with Crippen LogP contribution in [0.4, 0.5) is 11.4 Å². The van der Waals surface area contributed by atoms with Crippen molar-refractivity contribution < 1.29 is 0 Å². The van der Waals surface area contributed by atoms with Crippen LogP contribution in [-0.4, -0.2) is 41.8 Å². The molecule has 3 aromatic rings. The van der Waals surface area contributed by atoms with Gasteiger partial charge in [-0.1, -0.05) is 66.7 Å². The average Bonchev–Trinajstić information content (AvgIpc) is 3.08. The summed E-state index contributed by atoms with van der Waals surface area (Å²) in [7, 11) is 0. The first-order chi connectivity index (χ1) is 18.5. The van der Waals surface area contributed by atoms with E-state index in [1.165, 1.54) is 22.0 Å². The molecule has 0 saturated carbocycles. The Balaban J connectivity index is 1.17. The molecule has 6 rings (SSSR count). The van der Waals surface area contributed by atoms with Gasteiger partial charge in [-0.25, -0.2) is 0 Å². The molecular weight excluding hydrogens is 468 g/mol. The Morgan fingerprint density at radius 3 is 2.45 bits per heavy atom. The molecule has 1 saturated heterocycles. The lowest BCUT2D eigenvalue weighted by molar-refractivity contribution is 0.250. The van der Waals surface area contributed by atoms with Gasteiger partial charge in [0.05, 0.1) is 17.0 Å². The molecule has 0 bridgehead atoms. The Labute approximate surface area is 223 Å². The highest BCUT2D eigenvalue weighted by molar-refractivity contribution is 6.05. The van der Waals surface area contributed by atoms with E-state index in [1.54, 1.807) is 0 Å². The molecule has 2 aliphatic heterocycles. The van der Waals surface area contributed by atoms with Crippen molar-refractivity contribution in [3.05, 3.63) is 118 Å². The van der Waals surface area contributed by atoms with Gasteiger partial charge in [0.1, 0.15) is 0 Å². The van der Waals surface area contributed by atoms with Crippen LogP contribution < -0.4 is 10.5 Å². The zero-order valence-corrected chi connectivity index (χ0v) is 21.9. The Kier molecular flexibility index (Phi) is 6.52. The fourth-order valence-electron chi connectivity index (χ4n) is 5.45. The number of aromatic nitrogens is 1. The van der Waals surface area contributed by atoms with Crippen molar-refractivity contribution >= 4 is 27.9 Å². The maximum absolute atomic E-state index is 12.7. The van der Waals surface area contributed by atoms with Crippen molar-refractivity contribution in [2.75, 3.05) is 31.1 Å². The second-order valence-corrected chi connectivity index (χ2v) is 10.2. The SMILES string of the molecule is CC(=Nc1cc(N2CCN(Cc3ccc4ccccc4c3)CC2)ccc1C)c1c2cccccc-2[nH]c1=O. The van der Waals surface area contributed by atoms with Crippen LogP contribution in [0.15, 0.2) is 101 Å². The van der Waals surface area contributed by atoms with Crippen LogP contribution in [0.5, 0.6) is 0 Å². The zero-order valence-electron chi connectivity index (χ0n) is 21.9. The Morgan fingerprint density at radius 2 is 1.61 bits per heavy atom. The third-order valence-corrected chi connectivity index (χ3v) is 7.58. The minimum Gasteiger partial charge on any atom is -0.369 e. The van der Waals surface area contributed by atoms with Crippen molar-refractivity contribution in [3.63, 3.8) is 0 Å². The van der Waals surface area contributed by atoms with Gasteiger partial charge >= 0.3 is 0 Å². The Hall–Kier alpha value is -4.22. The standard InChI is InChI=1S/C33H32N4O/c1-23-12-15-28(21-31(23)34-24(2)32-29-10-4-3-5-11-30(29)35-33(32)38)37-18-16-36(17-19-37)22-25-13-14-26-8-6-7-9-27(26)20-25/h3-15,20-21H,16-19,22H2,1-2H3,(H,35,38). The first-order valence-corrected chi connectivity index (χ1v) is 13.3. The van der Waals surface area contributed by atoms with Gasteiger partial charge < -0.3 is 9.88 Å². The number of piperazine rings is 1. The van der Waals surface area contributed by atoms with Crippen LogP contribution in [-0.2, 0) is 6.54 Å². The van der Waals surface area contributed by atoms with Crippen molar-refractivity contribution in [2.45, 2.75) is 20.4 Å². The van der Waals surface area contributed by atoms with Gasteiger partial charge in [-0.2, -0.15) is 0 Å². The minimum absolute atomic E-state index is 0.0937. The summed E-state index contributed by atoms with van der Waals surface area (Å²) in [5, 5.41) is 2.59. The van der Waals surface area contributed by atoms with Gasteiger partial charge in [0.2, 0.25) is 0 Å². The molecule has 5 heteroatoms. The highest BCUT2D eigenvalue weighted by Gasteiger charge is 2.19. The molecular formula is C33H32N4O. The number of H-pyrrole nitrogens is 1. The molecule has 38 heavy (non-hydrogen) atoms. The fraction of sp³-hybridized carbons (Fsp3) is 0.212. The zero-order chi connectivity index (χ0) is 26.1. The smallest absolute Gasteiger partial charge is 0.258 e. The topological polar surface area (TPSA) is 51.7 Å². The van der Waals surface area contributed by atoms with Gasteiger partial charge in [-0.15, -0.1) is 0 Å². The molecule has 0 radical (unpaired) electrons. The van der Waals surface area contributed by atoms with E-state index in [0.29, 0.717) is 5.56 Å². The molecule has 1 aliphatic carbocycles. The summed E-state index contributed by atoms with van der Waals surface area (Å²) in [6.07, 6.45) is 0.